The first-order valence-electron chi connectivity index (χ1n) is 13.6. The normalized spacial score (nSPS) is 10.3. The first kappa shape index (κ1) is 42.7. The fraction of sp³-hybridized carbons (Fsp3) is 0. The Morgan fingerprint density at radius 3 is 0.857 bits per heavy atom. The Morgan fingerprint density at radius 1 is 0.388 bits per heavy atom. The van der Waals surface area contributed by atoms with E-state index in [-0.39, 0.29) is 17.4 Å². The summed E-state index contributed by atoms with van der Waals surface area (Å²) in [5.74, 6) is 1.70. The van der Waals surface area contributed by atoms with Crippen LogP contribution >= 0.6 is 72.0 Å². The number of rotatable bonds is 6. The van der Waals surface area contributed by atoms with Gasteiger partial charge in [-0.1, -0.05) is 89.4 Å². The molecule has 49 heavy (non-hydrogen) atoms. The summed E-state index contributed by atoms with van der Waals surface area (Å²) in [4.78, 5) is 12.1. The first-order chi connectivity index (χ1) is 23.5. The Hall–Kier alpha value is -2.50. The predicted octanol–water partition coefficient (Wildman–Crippen LogP) is 11.2. The number of aromatic nitrogens is 3. The van der Waals surface area contributed by atoms with Crippen LogP contribution in [0, 0.1) is 0 Å². The first-order valence-corrected chi connectivity index (χ1v) is 27.3. The van der Waals surface area contributed by atoms with E-state index in [1.165, 1.54) is 0 Å². The molecule has 0 saturated carbocycles. The molecule has 0 aliphatic heterocycles. The average Bonchev–Trinajstić information content (AvgIpc) is 3.13. The van der Waals surface area contributed by atoms with E-state index < -0.39 is 0 Å². The average molecular weight is 1090 g/mol. The topological polar surface area (TPSA) is 113 Å². The van der Waals surface area contributed by atoms with Crippen molar-refractivity contribution in [2.45, 2.75) is 0 Å². The van der Waals surface area contributed by atoms with Gasteiger partial charge in [0.1, 0.15) is 17.1 Å². The molecule has 0 saturated heterocycles. The second-order valence-electron chi connectivity index (χ2n) is 8.57. The SMILES string of the molecule is Clc1ccccc1N=Nc1ccccn1.Clc1ccccc1N=Nc1ccccn1.Clc1ccccc1N=Nc1ccccn1.I[I-]I.[Cr]. The number of halogens is 6. The van der Waals surface area contributed by atoms with Crippen LogP contribution in [-0.4, -0.2) is 15.0 Å². The standard InChI is InChI=1S/3C11H8ClN3.Cr.I3/c3*12-9-5-1-2-6-10(9)14-15-11-7-3-4-8-13-11;;1-3-2/h3*1-8H;;/q;;;;-1. The summed E-state index contributed by atoms with van der Waals surface area (Å²) in [5, 5.41) is 25.7. The second-order valence-corrected chi connectivity index (χ2v) is 26.0. The van der Waals surface area contributed by atoms with Crippen molar-refractivity contribution >= 4 is 107 Å². The van der Waals surface area contributed by atoms with E-state index >= 15 is 0 Å². The molecule has 0 aliphatic rings. The van der Waals surface area contributed by atoms with Crippen LogP contribution < -0.4 is 13.3 Å². The predicted molar refractivity (Wildman–Crippen MR) is 208 cm³/mol. The van der Waals surface area contributed by atoms with Crippen molar-refractivity contribution in [3.63, 3.8) is 0 Å². The largest absolute Gasteiger partial charge is 0 e. The zero-order valence-corrected chi connectivity index (χ0v) is 35.1. The van der Waals surface area contributed by atoms with Crippen molar-refractivity contribution in [3.8, 4) is 0 Å². The summed E-state index contributed by atoms with van der Waals surface area (Å²) in [6.07, 6.45) is 5.00. The molecule has 0 aliphatic carbocycles. The zero-order valence-electron chi connectivity index (χ0n) is 25.1. The van der Waals surface area contributed by atoms with Gasteiger partial charge in [-0.2, -0.15) is 0 Å². The fourth-order valence-electron chi connectivity index (χ4n) is 3.15. The molecule has 6 aromatic rings. The van der Waals surface area contributed by atoms with E-state index in [1.54, 1.807) is 73.2 Å². The van der Waals surface area contributed by atoms with Crippen LogP contribution in [0.4, 0.5) is 34.5 Å². The molecule has 0 fully saturated rings. The Morgan fingerprint density at radius 2 is 0.633 bits per heavy atom. The third kappa shape index (κ3) is 17.8. The molecule has 250 valence electrons. The van der Waals surface area contributed by atoms with E-state index in [4.69, 9.17) is 34.8 Å². The minimum absolute atomic E-state index is 0. The molecule has 0 amide bonds. The van der Waals surface area contributed by atoms with Gasteiger partial charge in [-0.05, 0) is 72.8 Å². The van der Waals surface area contributed by atoms with Gasteiger partial charge in [-0.3, -0.25) is 0 Å². The molecule has 3 aromatic heterocycles. The van der Waals surface area contributed by atoms with Gasteiger partial charge in [0.05, 0.1) is 15.1 Å². The maximum Gasteiger partial charge on any atom is 0 e. The van der Waals surface area contributed by atoms with Crippen LogP contribution in [0.1, 0.15) is 0 Å². The van der Waals surface area contributed by atoms with Crippen molar-refractivity contribution in [3.05, 3.63) is 161 Å². The van der Waals surface area contributed by atoms with E-state index in [9.17, 15) is 0 Å². The molecule has 0 N–H and O–H groups in total. The van der Waals surface area contributed by atoms with Crippen LogP contribution in [0.3, 0.4) is 0 Å². The van der Waals surface area contributed by atoms with Crippen molar-refractivity contribution in [2.75, 3.05) is 0 Å². The molecule has 16 heteroatoms. The molecule has 0 atom stereocenters. The van der Waals surface area contributed by atoms with Crippen LogP contribution in [-0.2, 0) is 17.4 Å². The molecular weight excluding hydrogens is 1060 g/mol. The zero-order chi connectivity index (χ0) is 34.2. The molecule has 0 bridgehead atoms. The monoisotopic (exact) mass is 1080 g/mol. The molecule has 0 spiro atoms. The van der Waals surface area contributed by atoms with Crippen molar-refractivity contribution < 1.29 is 30.6 Å². The van der Waals surface area contributed by atoms with Crippen LogP contribution in [0.25, 0.3) is 0 Å². The molecule has 0 unspecified atom stereocenters. The van der Waals surface area contributed by atoms with Crippen molar-refractivity contribution in [1.29, 1.82) is 0 Å². The van der Waals surface area contributed by atoms with E-state index in [2.05, 4.69) is 82.9 Å². The number of pyridine rings is 3. The Bertz CT molecular complexity index is 1660. The van der Waals surface area contributed by atoms with E-state index in [0.717, 1.165) is 0 Å². The summed E-state index contributed by atoms with van der Waals surface area (Å²) < 4.78 is 0. The second kappa shape index (κ2) is 26.3. The Balaban J connectivity index is 0.000000243. The summed E-state index contributed by atoms with van der Waals surface area (Å²) in [6.45, 7) is 0. The number of nitrogens with zero attached hydrogens (tertiary/aromatic N) is 9. The molecular formula is C33H24Cl3CrI3N9-. The smallest absolute Gasteiger partial charge is 0 e. The number of benzene rings is 3. The maximum absolute atomic E-state index is 5.92. The molecule has 9 nitrogen and oxygen atoms in total. The van der Waals surface area contributed by atoms with E-state index in [0.29, 0.717) is 62.8 Å². The summed E-state index contributed by atoms with van der Waals surface area (Å²) in [7, 11) is 0. The Labute approximate surface area is 339 Å². The van der Waals surface area contributed by atoms with Gasteiger partial charge in [0.2, 0.25) is 0 Å². The van der Waals surface area contributed by atoms with Crippen LogP contribution in [0.15, 0.2) is 177 Å². The van der Waals surface area contributed by atoms with Gasteiger partial charge in [0.15, 0.2) is 17.5 Å². The van der Waals surface area contributed by atoms with Crippen molar-refractivity contribution in [1.82, 2.24) is 15.0 Å². The number of hydrogen-bond donors (Lipinski definition) is 0. The Kier molecular flexibility index (Phi) is 22.9. The van der Waals surface area contributed by atoms with Gasteiger partial charge < -0.3 is 0 Å². The minimum Gasteiger partial charge on any atom is 0 e. The maximum atomic E-state index is 5.92. The van der Waals surface area contributed by atoms with E-state index in [1.807, 2.05) is 72.8 Å². The van der Waals surface area contributed by atoms with Gasteiger partial charge >= 0.3 is 50.5 Å². The third-order valence-corrected chi connectivity index (χ3v) is 6.24. The molecule has 6 rings (SSSR count). The van der Waals surface area contributed by atoms with Gasteiger partial charge in [-0.25, -0.2) is 15.0 Å². The van der Waals surface area contributed by atoms with Crippen molar-refractivity contribution in [2.24, 2.45) is 30.7 Å². The third-order valence-electron chi connectivity index (χ3n) is 5.29. The van der Waals surface area contributed by atoms with Crippen LogP contribution in [0.2, 0.25) is 15.1 Å². The van der Waals surface area contributed by atoms with Gasteiger partial charge in [0, 0.05) is 36.0 Å². The summed E-state index contributed by atoms with van der Waals surface area (Å²) >= 11 is 23.0. The molecule has 3 aromatic carbocycles. The van der Waals surface area contributed by atoms with Gasteiger partial charge in [-0.15, -0.1) is 30.7 Å². The quantitative estimate of drug-likeness (QED) is 0.122. The molecule has 3 heterocycles. The van der Waals surface area contributed by atoms with Crippen LogP contribution in [0.5, 0.6) is 0 Å². The van der Waals surface area contributed by atoms with Gasteiger partial charge in [0.25, 0.3) is 0 Å². The summed E-state index contributed by atoms with van der Waals surface area (Å²) in [6, 6.07) is 38.2. The summed E-state index contributed by atoms with van der Waals surface area (Å²) in [5.41, 5.74) is 1.93. The molecule has 0 radical (unpaired) electrons. The fourth-order valence-corrected chi connectivity index (χ4v) is 3.67. The number of azo groups is 3. The number of hydrogen-bond acceptors (Lipinski definition) is 9. The minimum atomic E-state index is 0.